The van der Waals surface area contributed by atoms with Gasteiger partial charge in [-0.05, 0) is 55.0 Å². The molecule has 0 spiro atoms. The van der Waals surface area contributed by atoms with Gasteiger partial charge in [0.25, 0.3) is 0 Å². The fourth-order valence-electron chi connectivity index (χ4n) is 5.52. The van der Waals surface area contributed by atoms with E-state index in [4.69, 9.17) is 22.1 Å². The highest BCUT2D eigenvalue weighted by molar-refractivity contribution is 6.30. The maximum atomic E-state index is 15.4. The molecule has 4 nitrogen and oxygen atoms in total. The van der Waals surface area contributed by atoms with Crippen LogP contribution in [0.1, 0.15) is 58.1 Å². The molecule has 0 amide bonds. The van der Waals surface area contributed by atoms with Gasteiger partial charge in [-0.15, -0.1) is 0 Å². The molecule has 4 atom stereocenters. The largest absolute Gasteiger partial charge is 0.443 e. The number of carbonyl (C=O) groups is 1. The van der Waals surface area contributed by atoms with E-state index in [0.29, 0.717) is 12.0 Å². The summed E-state index contributed by atoms with van der Waals surface area (Å²) in [6.45, 7) is 9.91. The predicted octanol–water partition coefficient (Wildman–Crippen LogP) is 5.34. The van der Waals surface area contributed by atoms with Crippen molar-refractivity contribution in [3.05, 3.63) is 70.2 Å². The van der Waals surface area contributed by atoms with Gasteiger partial charge >= 0.3 is 5.97 Å². The van der Waals surface area contributed by atoms with Crippen LogP contribution in [-0.4, -0.2) is 28.7 Å². The van der Waals surface area contributed by atoms with Gasteiger partial charge in [0.15, 0.2) is 5.72 Å². The number of cyclic esters (lactones) is 1. The molecule has 4 unspecified atom stereocenters. The van der Waals surface area contributed by atoms with Crippen LogP contribution >= 0.6 is 11.6 Å². The second-order valence-corrected chi connectivity index (χ2v) is 11.0. The number of hydrogen-bond acceptors (Lipinski definition) is 4. The van der Waals surface area contributed by atoms with Crippen LogP contribution in [0.3, 0.4) is 0 Å². The van der Waals surface area contributed by atoms with Crippen molar-refractivity contribution in [3.63, 3.8) is 0 Å². The summed E-state index contributed by atoms with van der Waals surface area (Å²) >= 11 is 6.14. The summed E-state index contributed by atoms with van der Waals surface area (Å²) in [5, 5.41) is -0.0413. The quantitative estimate of drug-likeness (QED) is 0.626. The molecule has 2 N–H and O–H groups in total. The summed E-state index contributed by atoms with van der Waals surface area (Å²) in [5.74, 6) is -2.24. The van der Waals surface area contributed by atoms with Crippen LogP contribution in [0.4, 0.5) is 8.78 Å². The number of nitrogens with zero attached hydrogens (tertiary/aromatic N) is 1. The number of esters is 1. The highest BCUT2D eigenvalue weighted by atomic mass is 35.5. The number of ether oxygens (including phenoxy) is 1. The second-order valence-electron chi connectivity index (χ2n) is 10.6. The van der Waals surface area contributed by atoms with Crippen molar-refractivity contribution in [2.75, 3.05) is 0 Å². The maximum absolute atomic E-state index is 15.4. The Morgan fingerprint density at radius 1 is 1.12 bits per heavy atom. The molecular weight excluding hydrogens is 434 g/mol. The number of halogens is 3. The van der Waals surface area contributed by atoms with Crippen molar-refractivity contribution in [1.29, 1.82) is 0 Å². The SMILES string of the molecule is CC(C)(C)CC1N2C(C(=O)OC2(C)C)C(c2cccc(Cl)c2F)C1(N)c1ccc(F)cc1. The van der Waals surface area contributed by atoms with Gasteiger partial charge in [-0.1, -0.05) is 56.6 Å². The summed E-state index contributed by atoms with van der Waals surface area (Å²) in [7, 11) is 0. The molecule has 2 fully saturated rings. The first kappa shape index (κ1) is 23.1. The third-order valence-corrected chi connectivity index (χ3v) is 6.99. The topological polar surface area (TPSA) is 55.6 Å². The maximum Gasteiger partial charge on any atom is 0.325 e. The lowest BCUT2D eigenvalue weighted by atomic mass is 9.68. The first-order valence-corrected chi connectivity index (χ1v) is 11.2. The third-order valence-electron chi connectivity index (χ3n) is 6.70. The summed E-state index contributed by atoms with van der Waals surface area (Å²) in [6.07, 6.45) is 0.607. The number of benzene rings is 2. The second kappa shape index (κ2) is 7.51. The molecule has 4 rings (SSSR count). The lowest BCUT2D eigenvalue weighted by Gasteiger charge is -2.44. The number of rotatable bonds is 3. The van der Waals surface area contributed by atoms with E-state index in [-0.39, 0.29) is 22.0 Å². The molecule has 0 aromatic heterocycles. The van der Waals surface area contributed by atoms with Crippen molar-refractivity contribution < 1.29 is 18.3 Å². The first-order chi connectivity index (χ1) is 14.8. The third kappa shape index (κ3) is 3.53. The van der Waals surface area contributed by atoms with E-state index in [1.807, 2.05) is 18.7 Å². The zero-order chi connectivity index (χ0) is 23.6. The van der Waals surface area contributed by atoms with E-state index in [0.717, 1.165) is 0 Å². The minimum absolute atomic E-state index is 0.0413. The van der Waals surface area contributed by atoms with E-state index < -0.39 is 40.8 Å². The molecule has 0 saturated carbocycles. The van der Waals surface area contributed by atoms with Crippen molar-refractivity contribution in [2.45, 2.75) is 70.3 Å². The lowest BCUT2D eigenvalue weighted by molar-refractivity contribution is -0.152. The predicted molar refractivity (Wildman–Crippen MR) is 120 cm³/mol. The van der Waals surface area contributed by atoms with Crippen molar-refractivity contribution in [1.82, 2.24) is 4.90 Å². The van der Waals surface area contributed by atoms with Crippen LogP contribution in [-0.2, 0) is 15.1 Å². The molecule has 2 aromatic rings. The van der Waals surface area contributed by atoms with E-state index in [9.17, 15) is 9.18 Å². The van der Waals surface area contributed by atoms with Gasteiger partial charge in [0.2, 0.25) is 0 Å². The summed E-state index contributed by atoms with van der Waals surface area (Å²) in [4.78, 5) is 15.2. The number of fused-ring (bicyclic) bond motifs is 1. The molecule has 172 valence electrons. The number of nitrogens with two attached hydrogens (primary N) is 1. The molecule has 2 heterocycles. The fourth-order valence-corrected chi connectivity index (χ4v) is 5.70. The van der Waals surface area contributed by atoms with E-state index in [1.54, 1.807) is 24.3 Å². The van der Waals surface area contributed by atoms with Gasteiger partial charge in [-0.25, -0.2) is 13.7 Å². The molecule has 2 aliphatic rings. The van der Waals surface area contributed by atoms with Crippen LogP contribution in [0.25, 0.3) is 0 Å². The van der Waals surface area contributed by atoms with Crippen LogP contribution in [0.5, 0.6) is 0 Å². The number of carbonyl (C=O) groups excluding carboxylic acids is 1. The highest BCUT2D eigenvalue weighted by Gasteiger charge is 2.68. The molecule has 0 radical (unpaired) electrons. The van der Waals surface area contributed by atoms with E-state index in [1.165, 1.54) is 18.2 Å². The van der Waals surface area contributed by atoms with Crippen LogP contribution in [0.2, 0.25) is 5.02 Å². The van der Waals surface area contributed by atoms with Crippen LogP contribution in [0, 0.1) is 17.0 Å². The molecule has 32 heavy (non-hydrogen) atoms. The zero-order valence-electron chi connectivity index (χ0n) is 19.0. The Bertz CT molecular complexity index is 1050. The Kier molecular flexibility index (Phi) is 5.43. The van der Waals surface area contributed by atoms with Gasteiger partial charge in [0.05, 0.1) is 10.6 Å². The van der Waals surface area contributed by atoms with Gasteiger partial charge in [-0.3, -0.25) is 4.79 Å². The minimum Gasteiger partial charge on any atom is -0.443 e. The Balaban J connectivity index is 2.03. The van der Waals surface area contributed by atoms with Gasteiger partial charge in [0.1, 0.15) is 17.7 Å². The standard InChI is InChI=1S/C25H29ClF2N2O2/c1-23(2,3)13-18-25(29,14-9-11-15(27)12-10-14)19(16-7-6-8-17(26)20(16)28)21-22(31)32-24(4,5)30(18)21/h6-12,18-19,21H,13,29H2,1-5H3. The Hall–Kier alpha value is -2.02. The first-order valence-electron chi connectivity index (χ1n) is 10.8. The molecule has 2 aliphatic heterocycles. The highest BCUT2D eigenvalue weighted by Crippen LogP contribution is 2.57. The summed E-state index contributed by atoms with van der Waals surface area (Å²) in [5.41, 5.74) is 5.86. The Morgan fingerprint density at radius 2 is 1.75 bits per heavy atom. The normalized spacial score (nSPS) is 29.8. The monoisotopic (exact) mass is 462 g/mol. The Morgan fingerprint density at radius 3 is 2.34 bits per heavy atom. The fraction of sp³-hybridized carbons (Fsp3) is 0.480. The molecule has 2 aromatic carbocycles. The average Bonchev–Trinajstić information content (AvgIpc) is 3.06. The Labute approximate surface area is 192 Å². The molecule has 0 aliphatic carbocycles. The molecule has 2 saturated heterocycles. The van der Waals surface area contributed by atoms with Crippen LogP contribution in [0.15, 0.2) is 42.5 Å². The average molecular weight is 463 g/mol. The van der Waals surface area contributed by atoms with Crippen LogP contribution < -0.4 is 5.73 Å². The summed E-state index contributed by atoms with van der Waals surface area (Å²) < 4.78 is 35.0. The van der Waals surface area contributed by atoms with Crippen molar-refractivity contribution in [2.24, 2.45) is 11.1 Å². The van der Waals surface area contributed by atoms with E-state index in [2.05, 4.69) is 20.8 Å². The molecule has 7 heteroatoms. The minimum atomic E-state index is -1.20. The molecular formula is C25H29ClF2N2O2. The smallest absolute Gasteiger partial charge is 0.325 e. The zero-order valence-corrected chi connectivity index (χ0v) is 19.7. The van der Waals surface area contributed by atoms with Gasteiger partial charge < -0.3 is 10.5 Å². The number of hydrogen-bond donors (Lipinski definition) is 1. The van der Waals surface area contributed by atoms with E-state index >= 15 is 4.39 Å². The van der Waals surface area contributed by atoms with Gasteiger partial charge in [-0.2, -0.15) is 0 Å². The summed E-state index contributed by atoms with van der Waals surface area (Å²) in [6, 6.07) is 9.48. The lowest BCUT2D eigenvalue weighted by Crippen LogP contribution is -2.56. The van der Waals surface area contributed by atoms with Crippen molar-refractivity contribution >= 4 is 17.6 Å². The molecule has 0 bridgehead atoms. The van der Waals surface area contributed by atoms with Gasteiger partial charge in [0, 0.05) is 12.0 Å². The van der Waals surface area contributed by atoms with Crippen molar-refractivity contribution in [3.8, 4) is 0 Å².